The van der Waals surface area contributed by atoms with Gasteiger partial charge in [-0.3, -0.25) is 4.90 Å². The van der Waals surface area contributed by atoms with Crippen molar-refractivity contribution in [2.24, 2.45) is 0 Å². The van der Waals surface area contributed by atoms with Gasteiger partial charge in [0.25, 0.3) is 6.35 Å². The number of anilines is 1. The molecule has 0 radical (unpaired) electrons. The molecular weight excluding hydrogens is 592 g/mol. The summed E-state index contributed by atoms with van der Waals surface area (Å²) in [6.45, 7) is 6.13. The molecule has 1 aliphatic rings. The fourth-order valence-corrected chi connectivity index (χ4v) is 5.37. The van der Waals surface area contributed by atoms with Crippen LogP contribution in [0.15, 0.2) is 122 Å². The van der Waals surface area contributed by atoms with E-state index in [9.17, 15) is 18.7 Å². The van der Waals surface area contributed by atoms with E-state index in [1.165, 1.54) is 42.5 Å². The molecule has 1 heterocycles. The second-order valence-electron chi connectivity index (χ2n) is 10.5. The number of ether oxygens (including phenoxy) is 3. The maximum Gasteiger partial charge on any atom is 0.345 e. The van der Waals surface area contributed by atoms with Crippen LogP contribution in [0.3, 0.4) is 0 Å². The van der Waals surface area contributed by atoms with Crippen molar-refractivity contribution in [3.8, 4) is 5.75 Å². The van der Waals surface area contributed by atoms with E-state index < -0.39 is 42.3 Å². The number of aromatic hydroxyl groups is 1. The first-order valence-corrected chi connectivity index (χ1v) is 14.7. The Labute approximate surface area is 266 Å². The third-order valence-corrected chi connectivity index (χ3v) is 7.46. The summed E-state index contributed by atoms with van der Waals surface area (Å²) < 4.78 is 46.9. The average molecular weight is 628 g/mol. The molecule has 0 aliphatic carbocycles. The highest BCUT2D eigenvalue weighted by Gasteiger charge is 2.43. The molecule has 8 nitrogen and oxygen atoms in total. The summed E-state index contributed by atoms with van der Waals surface area (Å²) in [7, 11) is 0. The molecule has 0 amide bonds. The van der Waals surface area contributed by atoms with Crippen LogP contribution in [0.4, 0.5) is 14.5 Å². The van der Waals surface area contributed by atoms with E-state index in [0.717, 1.165) is 5.56 Å². The van der Waals surface area contributed by atoms with Gasteiger partial charge in [-0.15, -0.1) is 6.58 Å². The Balaban J connectivity index is 1.62. The molecule has 3 unspecified atom stereocenters. The summed E-state index contributed by atoms with van der Waals surface area (Å²) in [4.78, 5) is 17.2. The summed E-state index contributed by atoms with van der Waals surface area (Å²) in [5, 5.41) is 10.6. The number of rotatable bonds is 13. The Morgan fingerprint density at radius 1 is 0.891 bits per heavy atom. The number of nitrogens with two attached hydrogens (primary N) is 1. The third-order valence-electron chi connectivity index (χ3n) is 7.46. The van der Waals surface area contributed by atoms with Crippen molar-refractivity contribution in [1.29, 1.82) is 0 Å². The van der Waals surface area contributed by atoms with Crippen molar-refractivity contribution in [3.05, 3.63) is 156 Å². The zero-order valence-corrected chi connectivity index (χ0v) is 25.2. The van der Waals surface area contributed by atoms with Crippen molar-refractivity contribution in [2.45, 2.75) is 31.6 Å². The number of phenols is 1. The standard InChI is InChI=1S/C36H35F2N3O5/c1-3-22-45-33(26-8-6-5-7-9-26)34(44-4-2)41-21-20-40(36(41)46-35(43)30-19-18-29(39)23-31(30)42)32(24-10-14-27(37)15-11-24)25-12-16-28(38)17-13-25/h3,5-21,23,32-34,36,42H,1,4,22,39H2,2H3. The van der Waals surface area contributed by atoms with Gasteiger partial charge in [0, 0.05) is 30.8 Å². The van der Waals surface area contributed by atoms with Crippen molar-refractivity contribution in [1.82, 2.24) is 9.80 Å². The first-order chi connectivity index (χ1) is 22.3. The second kappa shape index (κ2) is 14.7. The van der Waals surface area contributed by atoms with Crippen molar-refractivity contribution >= 4 is 11.7 Å². The largest absolute Gasteiger partial charge is 0.507 e. The molecule has 5 rings (SSSR count). The minimum absolute atomic E-state index is 0.100. The molecule has 4 aromatic carbocycles. The lowest BCUT2D eigenvalue weighted by Gasteiger charge is -2.41. The average Bonchev–Trinajstić information content (AvgIpc) is 3.45. The van der Waals surface area contributed by atoms with Gasteiger partial charge in [-0.2, -0.15) is 0 Å². The third kappa shape index (κ3) is 7.20. The van der Waals surface area contributed by atoms with E-state index >= 15 is 0 Å². The highest BCUT2D eigenvalue weighted by Crippen LogP contribution is 2.39. The van der Waals surface area contributed by atoms with Crippen LogP contribution in [0.5, 0.6) is 5.75 Å². The smallest absolute Gasteiger partial charge is 0.345 e. The van der Waals surface area contributed by atoms with E-state index in [2.05, 4.69) is 6.58 Å². The highest BCUT2D eigenvalue weighted by atomic mass is 19.1. The van der Waals surface area contributed by atoms with Crippen LogP contribution in [0.2, 0.25) is 0 Å². The molecule has 46 heavy (non-hydrogen) atoms. The van der Waals surface area contributed by atoms with Crippen LogP contribution in [0.1, 0.15) is 46.1 Å². The first kappa shape index (κ1) is 32.2. The van der Waals surface area contributed by atoms with Gasteiger partial charge in [0.05, 0.1) is 12.6 Å². The van der Waals surface area contributed by atoms with Gasteiger partial charge in [0.2, 0.25) is 0 Å². The number of nitrogens with zero attached hydrogens (tertiary/aromatic N) is 2. The van der Waals surface area contributed by atoms with Crippen LogP contribution in [-0.4, -0.2) is 46.7 Å². The fraction of sp³-hybridized carbons (Fsp3) is 0.194. The Morgan fingerprint density at radius 3 is 2.07 bits per heavy atom. The highest BCUT2D eigenvalue weighted by molar-refractivity contribution is 5.93. The number of halogens is 2. The lowest BCUT2D eigenvalue weighted by molar-refractivity contribution is -0.189. The number of hydrogen-bond donors (Lipinski definition) is 2. The number of esters is 1. The molecular formula is C36H35F2N3O5. The first-order valence-electron chi connectivity index (χ1n) is 14.7. The number of nitrogen functional groups attached to an aromatic ring is 1. The lowest BCUT2D eigenvalue weighted by Crippen LogP contribution is -2.51. The molecule has 0 saturated carbocycles. The van der Waals surface area contributed by atoms with Crippen molar-refractivity contribution < 1.29 is 32.9 Å². The van der Waals surface area contributed by atoms with E-state index in [1.54, 1.807) is 52.5 Å². The van der Waals surface area contributed by atoms with Crippen LogP contribution in [-0.2, 0) is 14.2 Å². The molecule has 3 N–H and O–H groups in total. The maximum atomic E-state index is 14.1. The lowest BCUT2D eigenvalue weighted by atomic mass is 9.97. The van der Waals surface area contributed by atoms with Gasteiger partial charge < -0.3 is 30.0 Å². The number of hydrogen-bond acceptors (Lipinski definition) is 8. The minimum atomic E-state index is -1.18. The molecule has 10 heteroatoms. The monoisotopic (exact) mass is 627 g/mol. The second-order valence-corrected chi connectivity index (χ2v) is 10.5. The fourth-order valence-electron chi connectivity index (χ4n) is 5.37. The van der Waals surface area contributed by atoms with Crippen LogP contribution in [0, 0.1) is 11.6 Å². The number of carbonyl (C=O) groups is 1. The predicted octanol–water partition coefficient (Wildman–Crippen LogP) is 6.88. The van der Waals surface area contributed by atoms with Gasteiger partial charge in [-0.25, -0.2) is 13.6 Å². The molecule has 0 aromatic heterocycles. The summed E-state index contributed by atoms with van der Waals surface area (Å²) in [6.07, 6.45) is 2.40. The Bertz CT molecular complexity index is 1610. The summed E-state index contributed by atoms with van der Waals surface area (Å²) in [6, 6.07) is 24.7. The normalized spacial score (nSPS) is 15.6. The summed E-state index contributed by atoms with van der Waals surface area (Å²) in [5.41, 5.74) is 8.07. The van der Waals surface area contributed by atoms with Crippen molar-refractivity contribution in [2.75, 3.05) is 18.9 Å². The summed E-state index contributed by atoms with van der Waals surface area (Å²) >= 11 is 0. The van der Waals surface area contributed by atoms with Gasteiger partial charge >= 0.3 is 5.97 Å². The SMILES string of the molecule is C=CCOC(c1ccccc1)C(OCC)N1C=CN(C(c2ccc(F)cc2)c2ccc(F)cc2)C1OC(=O)c1ccc(N)cc1O. The molecule has 1 aliphatic heterocycles. The zero-order valence-electron chi connectivity index (χ0n) is 25.2. The Kier molecular flexibility index (Phi) is 10.3. The number of phenolic OH excluding ortho intramolecular Hbond substituents is 1. The Hall–Kier alpha value is -5.19. The molecule has 4 aromatic rings. The number of carbonyl (C=O) groups excluding carboxylic acids is 1. The summed E-state index contributed by atoms with van der Waals surface area (Å²) in [5.74, 6) is -2.04. The zero-order chi connectivity index (χ0) is 32.6. The van der Waals surface area contributed by atoms with E-state index in [4.69, 9.17) is 19.9 Å². The van der Waals surface area contributed by atoms with E-state index in [1.807, 2.05) is 37.3 Å². The van der Waals surface area contributed by atoms with Crippen LogP contribution >= 0.6 is 0 Å². The molecule has 0 fully saturated rings. The quantitative estimate of drug-likeness (QED) is 0.0941. The van der Waals surface area contributed by atoms with Gasteiger partial charge in [0.15, 0.2) is 6.23 Å². The number of benzene rings is 4. The molecule has 3 atom stereocenters. The molecule has 0 saturated heterocycles. The van der Waals surface area contributed by atoms with Gasteiger partial charge in [-0.1, -0.05) is 60.7 Å². The Morgan fingerprint density at radius 2 is 1.50 bits per heavy atom. The molecule has 0 bridgehead atoms. The van der Waals surface area contributed by atoms with Gasteiger partial charge in [0.1, 0.15) is 29.1 Å². The van der Waals surface area contributed by atoms with E-state index in [-0.39, 0.29) is 30.2 Å². The minimum Gasteiger partial charge on any atom is -0.507 e. The van der Waals surface area contributed by atoms with Crippen molar-refractivity contribution in [3.63, 3.8) is 0 Å². The topological polar surface area (TPSA) is 97.5 Å². The van der Waals surface area contributed by atoms with Gasteiger partial charge in [-0.05, 0) is 60.0 Å². The molecule has 0 spiro atoms. The van der Waals surface area contributed by atoms with E-state index in [0.29, 0.717) is 11.1 Å². The van der Waals surface area contributed by atoms with Crippen LogP contribution in [0.25, 0.3) is 0 Å². The molecule has 238 valence electrons. The predicted molar refractivity (Wildman–Crippen MR) is 170 cm³/mol. The maximum absolute atomic E-state index is 14.1. The van der Waals surface area contributed by atoms with Crippen LogP contribution < -0.4 is 5.73 Å².